The Kier molecular flexibility index (Phi) is 4.46. The van der Waals surface area contributed by atoms with Crippen molar-refractivity contribution in [3.05, 3.63) is 47.2 Å². The van der Waals surface area contributed by atoms with Crippen molar-refractivity contribution in [3.8, 4) is 0 Å². The minimum Gasteiger partial charge on any atom is -0.512 e. The lowest BCUT2D eigenvalue weighted by atomic mass is 10.1. The highest BCUT2D eigenvalue weighted by Gasteiger charge is 2.09. The SMILES string of the molecule is CCOC(=O)c1cccc(C(=O)C=C(C)O)c1. The Morgan fingerprint density at radius 1 is 1.35 bits per heavy atom. The van der Waals surface area contributed by atoms with Gasteiger partial charge in [0.2, 0.25) is 0 Å². The first-order valence-corrected chi connectivity index (χ1v) is 5.23. The minimum absolute atomic E-state index is 0.0727. The highest BCUT2D eigenvalue weighted by molar-refractivity contribution is 6.06. The zero-order valence-electron chi connectivity index (χ0n) is 9.77. The van der Waals surface area contributed by atoms with Crippen molar-refractivity contribution in [1.29, 1.82) is 0 Å². The average molecular weight is 234 g/mol. The molecule has 1 N–H and O–H groups in total. The molecule has 1 rings (SSSR count). The van der Waals surface area contributed by atoms with E-state index in [1.807, 2.05) is 0 Å². The maximum Gasteiger partial charge on any atom is 0.338 e. The molecule has 0 heterocycles. The maximum atomic E-state index is 11.6. The van der Waals surface area contributed by atoms with Crippen molar-refractivity contribution in [2.45, 2.75) is 13.8 Å². The number of carbonyl (C=O) groups is 2. The normalized spacial score (nSPS) is 11.1. The second kappa shape index (κ2) is 5.84. The fraction of sp³-hybridized carbons (Fsp3) is 0.231. The van der Waals surface area contributed by atoms with Gasteiger partial charge in [0.05, 0.1) is 17.9 Å². The fourth-order valence-corrected chi connectivity index (χ4v) is 1.29. The molecule has 0 aliphatic heterocycles. The number of hydrogen-bond acceptors (Lipinski definition) is 4. The third-order valence-corrected chi connectivity index (χ3v) is 2.00. The van der Waals surface area contributed by atoms with Gasteiger partial charge in [-0.1, -0.05) is 12.1 Å². The summed E-state index contributed by atoms with van der Waals surface area (Å²) in [7, 11) is 0. The number of allylic oxidation sites excluding steroid dienone is 2. The molecule has 0 amide bonds. The molecule has 0 saturated heterocycles. The average Bonchev–Trinajstić information content (AvgIpc) is 2.28. The second-order valence-electron chi connectivity index (χ2n) is 3.45. The number of carbonyl (C=O) groups excluding carboxylic acids is 2. The van der Waals surface area contributed by atoms with E-state index in [2.05, 4.69) is 0 Å². The number of esters is 1. The molecule has 90 valence electrons. The fourth-order valence-electron chi connectivity index (χ4n) is 1.29. The lowest BCUT2D eigenvalue weighted by Gasteiger charge is -2.03. The first-order chi connectivity index (χ1) is 8.04. The zero-order valence-corrected chi connectivity index (χ0v) is 9.77. The van der Waals surface area contributed by atoms with Gasteiger partial charge < -0.3 is 9.84 Å². The Morgan fingerprint density at radius 3 is 2.59 bits per heavy atom. The molecule has 0 radical (unpaired) electrons. The molecule has 0 aromatic heterocycles. The van der Waals surface area contributed by atoms with Crippen molar-refractivity contribution in [2.24, 2.45) is 0 Å². The Balaban J connectivity index is 2.97. The van der Waals surface area contributed by atoms with Crippen molar-refractivity contribution in [1.82, 2.24) is 0 Å². The summed E-state index contributed by atoms with van der Waals surface area (Å²) in [6, 6.07) is 6.19. The van der Waals surface area contributed by atoms with Crippen molar-refractivity contribution >= 4 is 11.8 Å². The van der Waals surface area contributed by atoms with Gasteiger partial charge in [0.25, 0.3) is 0 Å². The lowest BCUT2D eigenvalue weighted by molar-refractivity contribution is 0.0526. The standard InChI is InChI=1S/C13H14O4/c1-3-17-13(16)11-6-4-5-10(8-11)12(15)7-9(2)14/h4-8,14H,3H2,1-2H3. The summed E-state index contributed by atoms with van der Waals surface area (Å²) in [6.45, 7) is 3.41. The van der Waals surface area contributed by atoms with Crippen LogP contribution in [0.5, 0.6) is 0 Å². The summed E-state index contributed by atoms with van der Waals surface area (Å²) < 4.78 is 4.83. The van der Waals surface area contributed by atoms with Gasteiger partial charge in [0.15, 0.2) is 5.78 Å². The molecule has 0 saturated carbocycles. The van der Waals surface area contributed by atoms with Gasteiger partial charge in [-0.15, -0.1) is 0 Å². The Labute approximate surface area is 99.5 Å². The van der Waals surface area contributed by atoms with E-state index in [-0.39, 0.29) is 18.1 Å². The molecule has 1 aromatic rings. The van der Waals surface area contributed by atoms with Gasteiger partial charge in [0, 0.05) is 11.6 Å². The summed E-state index contributed by atoms with van der Waals surface area (Å²) in [6.07, 6.45) is 1.10. The van der Waals surface area contributed by atoms with Gasteiger partial charge in [-0.3, -0.25) is 4.79 Å². The molecule has 4 nitrogen and oxygen atoms in total. The van der Waals surface area contributed by atoms with Crippen LogP contribution in [-0.2, 0) is 4.74 Å². The Hall–Kier alpha value is -2.10. The quantitative estimate of drug-likeness (QED) is 0.376. The van der Waals surface area contributed by atoms with E-state index >= 15 is 0 Å². The van der Waals surface area contributed by atoms with E-state index in [0.717, 1.165) is 6.08 Å². The van der Waals surface area contributed by atoms with Crippen LogP contribution < -0.4 is 0 Å². The van der Waals surface area contributed by atoms with Crippen molar-refractivity contribution in [3.63, 3.8) is 0 Å². The third-order valence-electron chi connectivity index (χ3n) is 2.00. The van der Waals surface area contributed by atoms with E-state index in [9.17, 15) is 9.59 Å². The highest BCUT2D eigenvalue weighted by Crippen LogP contribution is 2.09. The van der Waals surface area contributed by atoms with Crippen LogP contribution in [0.4, 0.5) is 0 Å². The minimum atomic E-state index is -0.466. The molecule has 0 atom stereocenters. The topological polar surface area (TPSA) is 63.6 Å². The van der Waals surface area contributed by atoms with Crippen LogP contribution in [0.25, 0.3) is 0 Å². The number of aliphatic hydroxyl groups is 1. The van der Waals surface area contributed by atoms with Gasteiger partial charge in [-0.2, -0.15) is 0 Å². The molecule has 1 aromatic carbocycles. The molecule has 0 unspecified atom stereocenters. The number of benzene rings is 1. The first kappa shape index (κ1) is 13.0. The molecule has 0 fully saturated rings. The van der Waals surface area contributed by atoms with E-state index in [4.69, 9.17) is 9.84 Å². The largest absolute Gasteiger partial charge is 0.512 e. The molecular weight excluding hydrogens is 220 g/mol. The summed E-state index contributed by atoms with van der Waals surface area (Å²) in [5, 5.41) is 9.00. The van der Waals surface area contributed by atoms with E-state index < -0.39 is 5.97 Å². The van der Waals surface area contributed by atoms with Crippen LogP contribution in [0.2, 0.25) is 0 Å². The van der Waals surface area contributed by atoms with Gasteiger partial charge in [-0.05, 0) is 26.0 Å². The van der Waals surface area contributed by atoms with Crippen LogP contribution >= 0.6 is 0 Å². The summed E-state index contributed by atoms with van der Waals surface area (Å²) >= 11 is 0. The molecule has 17 heavy (non-hydrogen) atoms. The Bertz CT molecular complexity index is 456. The number of aliphatic hydroxyl groups excluding tert-OH is 1. The zero-order chi connectivity index (χ0) is 12.8. The molecule has 0 aliphatic rings. The summed E-state index contributed by atoms with van der Waals surface area (Å²) in [4.78, 5) is 23.0. The molecule has 0 aliphatic carbocycles. The predicted molar refractivity (Wildman–Crippen MR) is 63.1 cm³/mol. The monoisotopic (exact) mass is 234 g/mol. The van der Waals surface area contributed by atoms with Crippen LogP contribution in [0, 0.1) is 0 Å². The predicted octanol–water partition coefficient (Wildman–Crippen LogP) is 2.51. The van der Waals surface area contributed by atoms with Crippen LogP contribution in [0.3, 0.4) is 0 Å². The summed E-state index contributed by atoms with van der Waals surface area (Å²) in [5.74, 6) is -0.889. The van der Waals surface area contributed by atoms with Gasteiger partial charge >= 0.3 is 5.97 Å². The molecular formula is C13H14O4. The number of ether oxygens (including phenoxy) is 1. The second-order valence-corrected chi connectivity index (χ2v) is 3.45. The number of hydrogen-bond donors (Lipinski definition) is 1. The molecule has 0 bridgehead atoms. The number of rotatable bonds is 4. The van der Waals surface area contributed by atoms with E-state index in [1.54, 1.807) is 25.1 Å². The first-order valence-electron chi connectivity index (χ1n) is 5.23. The van der Waals surface area contributed by atoms with Crippen LogP contribution in [-0.4, -0.2) is 23.5 Å². The third kappa shape index (κ3) is 3.75. The number of ketones is 1. The summed E-state index contributed by atoms with van der Waals surface area (Å²) in [5.41, 5.74) is 0.658. The van der Waals surface area contributed by atoms with Crippen molar-refractivity contribution < 1.29 is 19.4 Å². The smallest absolute Gasteiger partial charge is 0.338 e. The van der Waals surface area contributed by atoms with Crippen molar-refractivity contribution in [2.75, 3.05) is 6.61 Å². The van der Waals surface area contributed by atoms with E-state index in [0.29, 0.717) is 11.1 Å². The van der Waals surface area contributed by atoms with Gasteiger partial charge in [-0.25, -0.2) is 4.79 Å². The molecule has 0 spiro atoms. The molecule has 4 heteroatoms. The van der Waals surface area contributed by atoms with Crippen LogP contribution in [0.15, 0.2) is 36.1 Å². The van der Waals surface area contributed by atoms with Gasteiger partial charge in [0.1, 0.15) is 0 Å². The van der Waals surface area contributed by atoms with E-state index in [1.165, 1.54) is 13.0 Å². The maximum absolute atomic E-state index is 11.6. The van der Waals surface area contributed by atoms with Crippen LogP contribution in [0.1, 0.15) is 34.6 Å². The lowest BCUT2D eigenvalue weighted by Crippen LogP contribution is -2.06. The highest BCUT2D eigenvalue weighted by atomic mass is 16.5. The Morgan fingerprint density at radius 2 is 2.00 bits per heavy atom.